The fourth-order valence-corrected chi connectivity index (χ4v) is 11.6. The highest BCUT2D eigenvalue weighted by Crippen LogP contribution is 2.30. The smallest absolute Gasteiger partial charge is 0.0174 e. The molecule has 1 aliphatic heterocycles. The normalized spacial score (nSPS) is 15.5. The van der Waals surface area contributed by atoms with Crippen LogP contribution >= 0.6 is 11.9 Å². The molecule has 1 saturated heterocycles. The molecule has 0 saturated carbocycles. The molecule has 0 amide bonds. The summed E-state index contributed by atoms with van der Waals surface area (Å²) in [4.78, 5) is 5.72. The quantitative estimate of drug-likeness (QED) is 0.0483. The maximum Gasteiger partial charge on any atom is 0.0174 e. The van der Waals surface area contributed by atoms with E-state index in [1.54, 1.807) is 0 Å². The third kappa shape index (κ3) is 42.3. The fraction of sp³-hybridized carbons (Fsp3) is 1.00. The van der Waals surface area contributed by atoms with E-state index < -0.39 is 0 Å². The second kappa shape index (κ2) is 51.1. The molecule has 0 aliphatic carbocycles. The van der Waals surface area contributed by atoms with E-state index in [4.69, 9.17) is 0 Å². The number of hydrogen-bond acceptors (Lipinski definition) is 5. The van der Waals surface area contributed by atoms with E-state index in [1.165, 1.54) is 334 Å². The summed E-state index contributed by atoms with van der Waals surface area (Å²) in [5.41, 5.74) is 0. The molecule has 5 heteroatoms. The van der Waals surface area contributed by atoms with E-state index in [9.17, 15) is 0 Å². The van der Waals surface area contributed by atoms with Gasteiger partial charge in [0, 0.05) is 31.4 Å². The van der Waals surface area contributed by atoms with E-state index in [2.05, 4.69) is 66.0 Å². The van der Waals surface area contributed by atoms with Crippen LogP contribution in [0.4, 0.5) is 0 Å². The van der Waals surface area contributed by atoms with Gasteiger partial charge in [-0.2, -0.15) is 0 Å². The van der Waals surface area contributed by atoms with Crippen LogP contribution in [0.2, 0.25) is 0 Å². The van der Waals surface area contributed by atoms with E-state index in [1.807, 2.05) is 0 Å². The molecule has 0 aromatic rings. The summed E-state index contributed by atoms with van der Waals surface area (Å²) in [5.74, 6) is 2.28. The lowest BCUT2D eigenvalue weighted by molar-refractivity contribution is 0.244. The summed E-state index contributed by atoms with van der Waals surface area (Å²) in [7, 11) is 0. The summed E-state index contributed by atoms with van der Waals surface area (Å²) in [6.07, 6.45) is 60.0. The van der Waals surface area contributed by atoms with Crippen molar-refractivity contribution in [3.05, 3.63) is 0 Å². The van der Waals surface area contributed by atoms with Crippen molar-refractivity contribution in [2.75, 3.05) is 64.7 Å². The van der Waals surface area contributed by atoms with E-state index >= 15 is 0 Å². The maximum atomic E-state index is 3.83. The van der Waals surface area contributed by atoms with Gasteiger partial charge in [0.1, 0.15) is 0 Å². The lowest BCUT2D eigenvalue weighted by atomic mass is 9.95. The van der Waals surface area contributed by atoms with Crippen molar-refractivity contribution in [3.63, 3.8) is 0 Å². The second-order valence-corrected chi connectivity index (χ2v) is 22.4. The van der Waals surface area contributed by atoms with Crippen LogP contribution < -0.4 is 5.32 Å². The molecule has 0 spiro atoms. The minimum Gasteiger partial charge on any atom is -0.315 e. The predicted molar refractivity (Wildman–Crippen MR) is 294 cm³/mol. The Kier molecular flexibility index (Phi) is 49.6. The highest BCUT2D eigenvalue weighted by atomic mass is 32.2. The number of unbranched alkanes of at least 4 members (excludes halogenated alkanes) is 32. The molecule has 1 N–H and O–H groups in total. The van der Waals surface area contributed by atoms with Crippen molar-refractivity contribution in [1.82, 2.24) is 19.4 Å². The summed E-state index contributed by atoms with van der Waals surface area (Å²) in [6.45, 7) is 23.4. The first-order valence-electron chi connectivity index (χ1n) is 30.2. The van der Waals surface area contributed by atoms with Crippen LogP contribution in [0.15, 0.2) is 0 Å². The fourth-order valence-electron chi connectivity index (χ4n) is 10.4. The van der Waals surface area contributed by atoms with Gasteiger partial charge in [-0.1, -0.05) is 252 Å². The molecule has 1 aliphatic rings. The lowest BCUT2D eigenvalue weighted by Crippen LogP contribution is -2.35. The van der Waals surface area contributed by atoms with Crippen molar-refractivity contribution in [1.29, 1.82) is 0 Å². The average molecular weight is 920 g/mol. The third-order valence-corrected chi connectivity index (χ3v) is 16.3. The monoisotopic (exact) mass is 919 g/mol. The van der Waals surface area contributed by atoms with Gasteiger partial charge in [-0.05, 0) is 110 Å². The molecule has 1 rings (SSSR count). The molecule has 384 valence electrons. The Bertz CT molecular complexity index is 872. The van der Waals surface area contributed by atoms with Crippen LogP contribution in [-0.2, 0) is 0 Å². The molecule has 2 unspecified atom stereocenters. The van der Waals surface area contributed by atoms with Gasteiger partial charge < -0.3 is 15.1 Å². The Morgan fingerprint density at radius 2 is 0.766 bits per heavy atom. The first-order chi connectivity index (χ1) is 31.6. The van der Waals surface area contributed by atoms with Gasteiger partial charge in [0.05, 0.1) is 0 Å². The Morgan fingerprint density at radius 3 is 1.20 bits per heavy atom. The van der Waals surface area contributed by atoms with Crippen molar-refractivity contribution in [2.24, 2.45) is 5.92 Å². The average Bonchev–Trinajstić information content (AvgIpc) is 3.55. The number of rotatable bonds is 52. The van der Waals surface area contributed by atoms with Crippen molar-refractivity contribution < 1.29 is 0 Å². The zero-order valence-electron chi connectivity index (χ0n) is 45.2. The molecule has 4 nitrogen and oxygen atoms in total. The summed E-state index contributed by atoms with van der Waals surface area (Å²) < 4.78 is 2.81. The van der Waals surface area contributed by atoms with E-state index in [0.29, 0.717) is 6.04 Å². The van der Waals surface area contributed by atoms with Gasteiger partial charge in [-0.3, -0.25) is 0 Å². The van der Waals surface area contributed by atoms with Gasteiger partial charge in [-0.15, -0.1) is 0 Å². The minimum atomic E-state index is 0.703. The third-order valence-electron chi connectivity index (χ3n) is 15.0. The Hall–Kier alpha value is 0.190. The van der Waals surface area contributed by atoms with Crippen molar-refractivity contribution in [2.45, 2.75) is 310 Å². The molecule has 0 aromatic carbocycles. The van der Waals surface area contributed by atoms with E-state index in [0.717, 1.165) is 5.92 Å². The van der Waals surface area contributed by atoms with Crippen LogP contribution in [0, 0.1) is 5.92 Å². The van der Waals surface area contributed by atoms with Crippen LogP contribution in [0.25, 0.3) is 0 Å². The largest absolute Gasteiger partial charge is 0.315 e. The SMILES string of the molecule is CCCCCCCCCCCCN(CCCCCCCCCC)CCCCC1CCSN(C(C)CCCN(CCCCCCCCCCC)CCNCCCCCCCCCC)CC1. The molecule has 2 atom stereocenters. The van der Waals surface area contributed by atoms with Crippen LogP contribution in [0.1, 0.15) is 304 Å². The molecule has 0 radical (unpaired) electrons. The van der Waals surface area contributed by atoms with Crippen molar-refractivity contribution >= 4 is 11.9 Å². The molecular formula is C59H122N4S. The molecular weight excluding hydrogens is 797 g/mol. The zero-order chi connectivity index (χ0) is 46.1. The highest BCUT2D eigenvalue weighted by molar-refractivity contribution is 7.97. The number of nitrogens with zero attached hydrogens (tertiary/aromatic N) is 3. The van der Waals surface area contributed by atoms with Gasteiger partial charge in [0.25, 0.3) is 0 Å². The van der Waals surface area contributed by atoms with Crippen LogP contribution in [0.5, 0.6) is 0 Å². The Morgan fingerprint density at radius 1 is 0.406 bits per heavy atom. The molecule has 64 heavy (non-hydrogen) atoms. The lowest BCUT2D eigenvalue weighted by Gasteiger charge is -2.28. The molecule has 0 aromatic heterocycles. The van der Waals surface area contributed by atoms with Crippen LogP contribution in [0.3, 0.4) is 0 Å². The number of nitrogens with one attached hydrogen (secondary N) is 1. The topological polar surface area (TPSA) is 21.8 Å². The Labute approximate surface area is 410 Å². The minimum absolute atomic E-state index is 0.703. The van der Waals surface area contributed by atoms with Crippen molar-refractivity contribution in [3.8, 4) is 0 Å². The summed E-state index contributed by atoms with van der Waals surface area (Å²) in [5, 5.41) is 3.83. The van der Waals surface area contributed by atoms with Gasteiger partial charge >= 0.3 is 0 Å². The Balaban J connectivity index is 2.41. The van der Waals surface area contributed by atoms with E-state index in [-0.39, 0.29) is 0 Å². The van der Waals surface area contributed by atoms with Gasteiger partial charge in [0.15, 0.2) is 0 Å². The first kappa shape index (κ1) is 62.2. The molecule has 0 bridgehead atoms. The molecule has 1 fully saturated rings. The van der Waals surface area contributed by atoms with Crippen LogP contribution in [-0.4, -0.2) is 84.8 Å². The zero-order valence-corrected chi connectivity index (χ0v) is 46.0. The second-order valence-electron chi connectivity index (χ2n) is 21.3. The summed E-state index contributed by atoms with van der Waals surface area (Å²) in [6, 6.07) is 0.703. The molecule has 1 heterocycles. The van der Waals surface area contributed by atoms with Gasteiger partial charge in [-0.25, -0.2) is 4.31 Å². The summed E-state index contributed by atoms with van der Waals surface area (Å²) >= 11 is 2.20. The van der Waals surface area contributed by atoms with Gasteiger partial charge in [0.2, 0.25) is 0 Å². The maximum absolute atomic E-state index is 3.83. The predicted octanol–water partition coefficient (Wildman–Crippen LogP) is 18.6. The standard InChI is InChI=1S/C59H122N4S/c1-6-10-14-18-22-26-28-32-35-40-51-61(50-39-34-30-25-21-17-13-9-4)53-42-37-45-59-46-55-63(64-57-47-59)58(5)44-43-54-62(52-41-36-31-27-23-19-15-11-7-2)56-49-60-48-38-33-29-24-20-16-12-8-3/h58-60H,6-57H2,1-5H3. The first-order valence-corrected chi connectivity index (χ1v) is 31.1. The number of hydrogen-bond donors (Lipinski definition) is 1. The highest BCUT2D eigenvalue weighted by Gasteiger charge is 2.21.